The molecule has 0 saturated carbocycles. The standard InChI is InChI=1S/C8H18N4/c1-9-6-5-8(12(3)4)11-7-10-2/h5,7,9H,6H2,1-4H3,(H,10,11)/b8-5+. The smallest absolute Gasteiger partial charge is 0.126 e. The fraction of sp³-hybridized carbons (Fsp3) is 0.625. The minimum Gasteiger partial charge on any atom is -0.379 e. The van der Waals surface area contributed by atoms with E-state index in [-0.39, 0.29) is 0 Å². The molecule has 0 amide bonds. The highest BCUT2D eigenvalue weighted by Crippen LogP contribution is 1.97. The van der Waals surface area contributed by atoms with E-state index in [1.165, 1.54) is 0 Å². The molecule has 0 atom stereocenters. The fourth-order valence-electron chi connectivity index (χ4n) is 0.675. The molecule has 0 rings (SSSR count). The highest BCUT2D eigenvalue weighted by atomic mass is 15.2. The van der Waals surface area contributed by atoms with Crippen molar-refractivity contribution in [2.75, 3.05) is 34.7 Å². The first-order chi connectivity index (χ1) is 5.72. The van der Waals surface area contributed by atoms with Gasteiger partial charge in [-0.05, 0) is 13.1 Å². The molecule has 0 aliphatic rings. The van der Waals surface area contributed by atoms with Crippen LogP contribution in [0.4, 0.5) is 0 Å². The van der Waals surface area contributed by atoms with Crippen LogP contribution in [0.1, 0.15) is 0 Å². The molecule has 0 fully saturated rings. The fourth-order valence-corrected chi connectivity index (χ4v) is 0.675. The lowest BCUT2D eigenvalue weighted by Gasteiger charge is -2.12. The largest absolute Gasteiger partial charge is 0.379 e. The highest BCUT2D eigenvalue weighted by Gasteiger charge is 1.93. The van der Waals surface area contributed by atoms with Crippen molar-refractivity contribution in [1.29, 1.82) is 0 Å². The second kappa shape index (κ2) is 6.67. The normalized spacial score (nSPS) is 12.2. The first kappa shape index (κ1) is 11.0. The van der Waals surface area contributed by atoms with Crippen LogP contribution in [0.2, 0.25) is 0 Å². The molecule has 0 spiro atoms. The molecule has 2 N–H and O–H groups in total. The van der Waals surface area contributed by atoms with Gasteiger partial charge in [0.1, 0.15) is 5.82 Å². The van der Waals surface area contributed by atoms with Gasteiger partial charge in [0, 0.05) is 27.7 Å². The molecule has 12 heavy (non-hydrogen) atoms. The number of nitrogens with one attached hydrogen (secondary N) is 2. The van der Waals surface area contributed by atoms with Crippen molar-refractivity contribution in [2.24, 2.45) is 4.99 Å². The van der Waals surface area contributed by atoms with E-state index in [0.717, 1.165) is 12.4 Å². The first-order valence-corrected chi connectivity index (χ1v) is 3.94. The van der Waals surface area contributed by atoms with Crippen molar-refractivity contribution < 1.29 is 0 Å². The monoisotopic (exact) mass is 170 g/mol. The van der Waals surface area contributed by atoms with Crippen molar-refractivity contribution in [1.82, 2.24) is 15.5 Å². The molecule has 0 saturated heterocycles. The van der Waals surface area contributed by atoms with Crippen LogP contribution in [0.5, 0.6) is 0 Å². The highest BCUT2D eigenvalue weighted by molar-refractivity contribution is 5.55. The Morgan fingerprint density at radius 2 is 2.08 bits per heavy atom. The quantitative estimate of drug-likeness (QED) is 0.445. The van der Waals surface area contributed by atoms with Crippen LogP contribution in [0.3, 0.4) is 0 Å². The third-order valence-corrected chi connectivity index (χ3v) is 1.27. The van der Waals surface area contributed by atoms with E-state index >= 15 is 0 Å². The Hall–Kier alpha value is -1.03. The lowest BCUT2D eigenvalue weighted by molar-refractivity contribution is 0.504. The third-order valence-electron chi connectivity index (χ3n) is 1.27. The molecule has 0 aromatic rings. The lowest BCUT2D eigenvalue weighted by Crippen LogP contribution is -2.14. The van der Waals surface area contributed by atoms with Gasteiger partial charge in [0.25, 0.3) is 0 Å². The average molecular weight is 170 g/mol. The number of hydrogen-bond acceptors (Lipinski definition) is 3. The summed E-state index contributed by atoms with van der Waals surface area (Å²) in [6.45, 7) is 0.828. The van der Waals surface area contributed by atoms with E-state index < -0.39 is 0 Å². The molecular formula is C8H18N4. The number of rotatable bonds is 5. The molecule has 70 valence electrons. The maximum absolute atomic E-state index is 4.19. The summed E-state index contributed by atoms with van der Waals surface area (Å²) in [7, 11) is 7.67. The summed E-state index contributed by atoms with van der Waals surface area (Å²) in [4.78, 5) is 6.15. The second-order valence-corrected chi connectivity index (χ2v) is 2.56. The Labute approximate surface area is 74.4 Å². The van der Waals surface area contributed by atoms with Crippen molar-refractivity contribution >= 4 is 6.34 Å². The van der Waals surface area contributed by atoms with E-state index in [1.54, 1.807) is 6.34 Å². The van der Waals surface area contributed by atoms with E-state index in [9.17, 15) is 0 Å². The van der Waals surface area contributed by atoms with E-state index in [4.69, 9.17) is 0 Å². The van der Waals surface area contributed by atoms with Gasteiger partial charge in [0.05, 0.1) is 6.34 Å². The van der Waals surface area contributed by atoms with Crippen LogP contribution in [-0.4, -0.2) is 46.0 Å². The molecule has 4 heteroatoms. The minimum atomic E-state index is 0.828. The summed E-state index contributed by atoms with van der Waals surface area (Å²) >= 11 is 0. The van der Waals surface area contributed by atoms with E-state index in [0.29, 0.717) is 0 Å². The van der Waals surface area contributed by atoms with Gasteiger partial charge in [-0.3, -0.25) is 0 Å². The Kier molecular flexibility index (Phi) is 6.09. The van der Waals surface area contributed by atoms with Crippen molar-refractivity contribution in [3.05, 3.63) is 11.9 Å². The summed E-state index contributed by atoms with van der Waals surface area (Å²) in [6.07, 6.45) is 3.69. The Bertz CT molecular complexity index is 160. The maximum Gasteiger partial charge on any atom is 0.126 e. The predicted molar refractivity (Wildman–Crippen MR) is 53.2 cm³/mol. The third kappa shape index (κ3) is 4.73. The lowest BCUT2D eigenvalue weighted by atomic mass is 10.5. The minimum absolute atomic E-state index is 0.828. The van der Waals surface area contributed by atoms with Crippen LogP contribution in [0.25, 0.3) is 0 Å². The summed E-state index contributed by atoms with van der Waals surface area (Å²) < 4.78 is 0. The van der Waals surface area contributed by atoms with Crippen LogP contribution in [-0.2, 0) is 0 Å². The molecule has 4 nitrogen and oxygen atoms in total. The zero-order valence-electron chi connectivity index (χ0n) is 8.26. The van der Waals surface area contributed by atoms with Gasteiger partial charge in [-0.1, -0.05) is 0 Å². The molecule has 0 radical (unpaired) electrons. The molecule has 0 unspecified atom stereocenters. The van der Waals surface area contributed by atoms with E-state index in [1.807, 2.05) is 39.2 Å². The summed E-state index contributed by atoms with van der Waals surface area (Å²) in [5.74, 6) is 0.943. The zero-order chi connectivity index (χ0) is 9.40. The van der Waals surface area contributed by atoms with Gasteiger partial charge in [0.15, 0.2) is 0 Å². The van der Waals surface area contributed by atoms with Gasteiger partial charge in [-0.15, -0.1) is 0 Å². The first-order valence-electron chi connectivity index (χ1n) is 3.94. The van der Waals surface area contributed by atoms with Crippen molar-refractivity contribution in [3.63, 3.8) is 0 Å². The van der Waals surface area contributed by atoms with Crippen LogP contribution < -0.4 is 10.6 Å². The Morgan fingerprint density at radius 1 is 1.42 bits per heavy atom. The van der Waals surface area contributed by atoms with Gasteiger partial charge in [-0.2, -0.15) is 0 Å². The molecule has 0 heterocycles. The number of likely N-dealkylation sites (N-methyl/N-ethyl adjacent to an activating group) is 1. The average Bonchev–Trinajstić information content (AvgIpc) is 2.04. The number of nitrogens with zero attached hydrogens (tertiary/aromatic N) is 2. The molecule has 0 aromatic carbocycles. The summed E-state index contributed by atoms with van der Waals surface area (Å²) in [5, 5.41) is 5.88. The van der Waals surface area contributed by atoms with E-state index in [2.05, 4.69) is 15.6 Å². The maximum atomic E-state index is 4.19. The Balaban J connectivity index is 4.12. The van der Waals surface area contributed by atoms with Gasteiger partial charge in [0.2, 0.25) is 0 Å². The van der Waals surface area contributed by atoms with Gasteiger partial charge in [-0.25, -0.2) is 4.99 Å². The summed E-state index contributed by atoms with van der Waals surface area (Å²) in [5.41, 5.74) is 0. The van der Waals surface area contributed by atoms with Crippen LogP contribution in [0, 0.1) is 0 Å². The summed E-state index contributed by atoms with van der Waals surface area (Å²) in [6, 6.07) is 0. The number of aliphatic imine (C=N–C) groups is 1. The van der Waals surface area contributed by atoms with Crippen LogP contribution >= 0.6 is 0 Å². The molecule has 0 bridgehead atoms. The molecule has 0 aliphatic heterocycles. The topological polar surface area (TPSA) is 39.7 Å². The zero-order valence-corrected chi connectivity index (χ0v) is 8.26. The SMILES string of the molecule is CN/C=N\C(=C/CNC)N(C)C. The van der Waals surface area contributed by atoms with Crippen molar-refractivity contribution in [3.8, 4) is 0 Å². The molecule has 0 aliphatic carbocycles. The molecule has 0 aromatic heterocycles. The van der Waals surface area contributed by atoms with Crippen molar-refractivity contribution in [2.45, 2.75) is 0 Å². The Morgan fingerprint density at radius 3 is 2.50 bits per heavy atom. The van der Waals surface area contributed by atoms with Gasteiger partial charge < -0.3 is 15.5 Å². The predicted octanol–water partition coefficient (Wildman–Crippen LogP) is -0.143. The van der Waals surface area contributed by atoms with Gasteiger partial charge >= 0.3 is 0 Å². The molecular weight excluding hydrogens is 152 g/mol. The number of hydrogen-bond donors (Lipinski definition) is 2. The second-order valence-electron chi connectivity index (χ2n) is 2.56. The van der Waals surface area contributed by atoms with Crippen LogP contribution in [0.15, 0.2) is 16.9 Å².